The first-order valence-corrected chi connectivity index (χ1v) is 8.63. The third kappa shape index (κ3) is 4.39. The van der Waals surface area contributed by atoms with Crippen LogP contribution < -0.4 is 0 Å². The van der Waals surface area contributed by atoms with E-state index in [4.69, 9.17) is 4.74 Å². The number of carbonyl (C=O) groups is 1. The van der Waals surface area contributed by atoms with Gasteiger partial charge in [0.2, 0.25) is 0 Å². The molecule has 28 heavy (non-hydrogen) atoms. The highest BCUT2D eigenvalue weighted by molar-refractivity contribution is 5.90. The van der Waals surface area contributed by atoms with Crippen LogP contribution in [0.15, 0.2) is 42.7 Å². The van der Waals surface area contributed by atoms with Gasteiger partial charge in [0.1, 0.15) is 11.4 Å². The van der Waals surface area contributed by atoms with Crippen molar-refractivity contribution in [2.24, 2.45) is 0 Å². The number of ether oxygens (including phenoxy) is 1. The van der Waals surface area contributed by atoms with Crippen LogP contribution in [0.25, 0.3) is 5.82 Å². The fourth-order valence-corrected chi connectivity index (χ4v) is 2.82. The summed E-state index contributed by atoms with van der Waals surface area (Å²) in [4.78, 5) is 16.2. The van der Waals surface area contributed by atoms with Crippen LogP contribution in [0.4, 0.5) is 13.2 Å². The summed E-state index contributed by atoms with van der Waals surface area (Å²) in [5, 5.41) is 4.28. The Balaban J connectivity index is 1.88. The Kier molecular flexibility index (Phi) is 5.77. The number of alkyl halides is 2. The molecule has 0 radical (unpaired) electrons. The molecule has 2 aromatic heterocycles. The van der Waals surface area contributed by atoms with Crippen molar-refractivity contribution in [2.45, 2.75) is 26.7 Å². The van der Waals surface area contributed by atoms with Crippen LogP contribution in [0.5, 0.6) is 0 Å². The van der Waals surface area contributed by atoms with E-state index in [2.05, 4.69) is 10.1 Å². The molecule has 0 atom stereocenters. The van der Waals surface area contributed by atoms with Gasteiger partial charge in [0.05, 0.1) is 12.3 Å². The topological polar surface area (TPSA) is 57.0 Å². The van der Waals surface area contributed by atoms with E-state index in [0.29, 0.717) is 22.6 Å². The monoisotopic (exact) mass is 389 g/mol. The first-order valence-electron chi connectivity index (χ1n) is 8.63. The Morgan fingerprint density at radius 3 is 2.71 bits per heavy atom. The maximum atomic E-state index is 13.6. The highest BCUT2D eigenvalue weighted by Crippen LogP contribution is 2.23. The molecule has 0 bridgehead atoms. The first kappa shape index (κ1) is 19.6. The van der Waals surface area contributed by atoms with Crippen molar-refractivity contribution in [1.82, 2.24) is 14.8 Å². The molecule has 8 heteroatoms. The van der Waals surface area contributed by atoms with Crippen molar-refractivity contribution in [3.05, 3.63) is 76.5 Å². The fraction of sp³-hybridized carbons (Fsp3) is 0.250. The zero-order chi connectivity index (χ0) is 20.3. The molecule has 0 aliphatic rings. The van der Waals surface area contributed by atoms with Gasteiger partial charge in [-0.3, -0.25) is 0 Å². The summed E-state index contributed by atoms with van der Waals surface area (Å²) in [5.74, 6) is -0.729. The molecular formula is C20H18F3N3O2. The molecule has 3 aromatic rings. The lowest BCUT2D eigenvalue weighted by molar-refractivity contribution is 0.0525. The zero-order valence-corrected chi connectivity index (χ0v) is 15.3. The van der Waals surface area contributed by atoms with Crippen LogP contribution in [-0.2, 0) is 11.2 Å². The minimum Gasteiger partial charge on any atom is -0.462 e. The van der Waals surface area contributed by atoms with Gasteiger partial charge in [0, 0.05) is 18.0 Å². The molecule has 3 rings (SSSR count). The highest BCUT2D eigenvalue weighted by atomic mass is 19.3. The molecule has 0 N–H and O–H groups in total. The molecule has 5 nitrogen and oxygen atoms in total. The van der Waals surface area contributed by atoms with Gasteiger partial charge in [-0.2, -0.15) is 5.10 Å². The number of hydrogen-bond donors (Lipinski definition) is 0. The van der Waals surface area contributed by atoms with E-state index in [1.54, 1.807) is 32.2 Å². The van der Waals surface area contributed by atoms with Gasteiger partial charge in [-0.15, -0.1) is 0 Å². The summed E-state index contributed by atoms with van der Waals surface area (Å²) >= 11 is 0. The number of hydrogen-bond acceptors (Lipinski definition) is 4. The Morgan fingerprint density at radius 1 is 1.21 bits per heavy atom. The van der Waals surface area contributed by atoms with Crippen LogP contribution in [0, 0.1) is 12.7 Å². The number of halogens is 3. The molecule has 0 fully saturated rings. The molecule has 1 aromatic carbocycles. The van der Waals surface area contributed by atoms with Crippen LogP contribution in [0.2, 0.25) is 0 Å². The number of esters is 1. The number of carbonyl (C=O) groups excluding carboxylic acids is 1. The first-order chi connectivity index (χ1) is 13.4. The quantitative estimate of drug-likeness (QED) is 0.586. The summed E-state index contributed by atoms with van der Waals surface area (Å²) in [7, 11) is 0. The molecule has 0 saturated carbocycles. The maximum Gasteiger partial charge on any atom is 0.341 e. The maximum absolute atomic E-state index is 13.6. The van der Waals surface area contributed by atoms with Gasteiger partial charge in [-0.25, -0.2) is 27.6 Å². The lowest BCUT2D eigenvalue weighted by atomic mass is 10.0. The van der Waals surface area contributed by atoms with E-state index in [1.807, 2.05) is 0 Å². The molecular weight excluding hydrogens is 371 g/mol. The van der Waals surface area contributed by atoms with Crippen molar-refractivity contribution in [3.63, 3.8) is 0 Å². The van der Waals surface area contributed by atoms with Crippen molar-refractivity contribution >= 4 is 5.97 Å². The minimum absolute atomic E-state index is 0.248. The molecule has 0 amide bonds. The molecule has 2 heterocycles. The van der Waals surface area contributed by atoms with Crippen molar-refractivity contribution in [2.75, 3.05) is 6.61 Å². The predicted molar refractivity (Wildman–Crippen MR) is 96.2 cm³/mol. The van der Waals surface area contributed by atoms with E-state index in [1.165, 1.54) is 23.0 Å². The fourth-order valence-electron chi connectivity index (χ4n) is 2.82. The van der Waals surface area contributed by atoms with Crippen LogP contribution in [-0.4, -0.2) is 27.3 Å². The predicted octanol–water partition coefficient (Wildman–Crippen LogP) is 4.42. The van der Waals surface area contributed by atoms with E-state index in [9.17, 15) is 18.0 Å². The van der Waals surface area contributed by atoms with Crippen LogP contribution in [0.1, 0.15) is 46.1 Å². The Hall–Kier alpha value is -3.16. The minimum atomic E-state index is -2.74. The normalized spacial score (nSPS) is 11.1. The van der Waals surface area contributed by atoms with Gasteiger partial charge in [-0.05, 0) is 61.7 Å². The Labute approximate surface area is 159 Å². The molecule has 0 unspecified atom stereocenters. The molecule has 0 saturated heterocycles. The van der Waals surface area contributed by atoms with Crippen molar-refractivity contribution in [3.8, 4) is 5.82 Å². The zero-order valence-electron chi connectivity index (χ0n) is 15.3. The van der Waals surface area contributed by atoms with Gasteiger partial charge in [-0.1, -0.05) is 0 Å². The average molecular weight is 389 g/mol. The Morgan fingerprint density at radius 2 is 2.00 bits per heavy atom. The summed E-state index contributed by atoms with van der Waals surface area (Å²) in [6, 6.07) is 6.75. The SMILES string of the molecule is CCOC(=O)c1cn(-c2cc(Cc3cc(F)cc(C(F)F)c3)ccn2)nc1C. The number of benzene rings is 1. The Bertz CT molecular complexity index is 1000. The lowest BCUT2D eigenvalue weighted by Crippen LogP contribution is -2.04. The summed E-state index contributed by atoms with van der Waals surface area (Å²) in [6.07, 6.45) is 0.573. The van der Waals surface area contributed by atoms with E-state index in [0.717, 1.165) is 11.6 Å². The standard InChI is InChI=1S/C20H18F3N3O2/c1-3-28-20(27)17-11-26(25-12(17)2)18-9-13(4-5-24-18)6-14-7-15(19(22)23)10-16(21)8-14/h4-5,7-11,19H,3,6H2,1-2H3. The second-order valence-electron chi connectivity index (χ2n) is 6.19. The molecule has 0 spiro atoms. The number of aromatic nitrogens is 3. The highest BCUT2D eigenvalue weighted by Gasteiger charge is 2.16. The van der Waals surface area contributed by atoms with Gasteiger partial charge >= 0.3 is 5.97 Å². The second-order valence-corrected chi connectivity index (χ2v) is 6.19. The molecule has 146 valence electrons. The van der Waals surface area contributed by atoms with Crippen LogP contribution >= 0.6 is 0 Å². The largest absolute Gasteiger partial charge is 0.462 e. The number of pyridine rings is 1. The smallest absolute Gasteiger partial charge is 0.341 e. The summed E-state index contributed by atoms with van der Waals surface area (Å²) in [6.45, 7) is 3.66. The third-order valence-electron chi connectivity index (χ3n) is 4.08. The van der Waals surface area contributed by atoms with Gasteiger partial charge in [0.15, 0.2) is 5.82 Å². The van der Waals surface area contributed by atoms with Gasteiger partial charge in [0.25, 0.3) is 6.43 Å². The second kappa shape index (κ2) is 8.24. The molecule has 0 aliphatic heterocycles. The van der Waals surface area contributed by atoms with E-state index in [-0.39, 0.29) is 18.6 Å². The number of aryl methyl sites for hydroxylation is 1. The van der Waals surface area contributed by atoms with Crippen molar-refractivity contribution < 1.29 is 22.7 Å². The molecule has 0 aliphatic carbocycles. The summed E-state index contributed by atoms with van der Waals surface area (Å²) < 4.78 is 45.8. The van der Waals surface area contributed by atoms with E-state index >= 15 is 0 Å². The summed E-state index contributed by atoms with van der Waals surface area (Å²) in [5.41, 5.74) is 1.64. The van der Waals surface area contributed by atoms with Gasteiger partial charge < -0.3 is 4.74 Å². The number of nitrogens with zero attached hydrogens (tertiary/aromatic N) is 3. The lowest BCUT2D eigenvalue weighted by Gasteiger charge is -2.07. The third-order valence-corrected chi connectivity index (χ3v) is 4.08. The van der Waals surface area contributed by atoms with Crippen LogP contribution in [0.3, 0.4) is 0 Å². The van der Waals surface area contributed by atoms with Crippen molar-refractivity contribution in [1.29, 1.82) is 0 Å². The average Bonchev–Trinajstić information content (AvgIpc) is 3.03. The number of rotatable bonds is 6. The van der Waals surface area contributed by atoms with E-state index < -0.39 is 18.2 Å².